The summed E-state index contributed by atoms with van der Waals surface area (Å²) in [5.41, 5.74) is 1.92. The van der Waals surface area contributed by atoms with Crippen LogP contribution in [0.2, 0.25) is 5.02 Å². The Morgan fingerprint density at radius 2 is 1.61 bits per heavy atom. The number of nitrogens with zero attached hydrogens (tertiary/aromatic N) is 2. The summed E-state index contributed by atoms with van der Waals surface area (Å²) in [6, 6.07) is 14.8. The fraction of sp³-hybridized carbons (Fsp3) is 0.185. The molecule has 0 aliphatic heterocycles. The Bertz CT molecular complexity index is 1480. The van der Waals surface area contributed by atoms with Gasteiger partial charge in [-0.05, 0) is 0 Å². The zero-order valence-electron chi connectivity index (χ0n) is 20.9. The van der Waals surface area contributed by atoms with E-state index in [9.17, 15) is 14.9 Å². The van der Waals surface area contributed by atoms with Crippen LogP contribution in [0.4, 0.5) is 5.69 Å². The van der Waals surface area contributed by atoms with E-state index in [0.29, 0.717) is 53.7 Å². The molecule has 0 bridgehead atoms. The Morgan fingerprint density at radius 1 is 0.947 bits per heavy atom. The van der Waals surface area contributed by atoms with Crippen molar-refractivity contribution in [3.05, 3.63) is 79.9 Å². The van der Waals surface area contributed by atoms with Gasteiger partial charge in [0, 0.05) is 0 Å². The maximum atomic E-state index is 13.4. The molecule has 1 aromatic heterocycles. The summed E-state index contributed by atoms with van der Waals surface area (Å²) in [7, 11) is 4.51. The Kier molecular flexibility index (Phi) is 8.36. The summed E-state index contributed by atoms with van der Waals surface area (Å²) in [6.45, 7) is 2.04. The molecule has 38 heavy (non-hydrogen) atoms. The van der Waals surface area contributed by atoms with Crippen molar-refractivity contribution in [2.24, 2.45) is 0 Å². The van der Waals surface area contributed by atoms with E-state index in [1.54, 1.807) is 55.5 Å². The number of rotatable bonds is 10. The van der Waals surface area contributed by atoms with Crippen molar-refractivity contribution in [2.45, 2.75) is 6.92 Å². The molecule has 3 aromatic carbocycles. The molecule has 11 heteroatoms. The van der Waals surface area contributed by atoms with Gasteiger partial charge in [-0.25, -0.2) is 0 Å². The summed E-state index contributed by atoms with van der Waals surface area (Å²) >= 11 is 5.42. The second kappa shape index (κ2) is 11.7. The average molecular weight is 602 g/mol. The van der Waals surface area contributed by atoms with E-state index in [4.69, 9.17) is 35.5 Å². The number of carbonyl (C=O) groups is 1. The van der Waals surface area contributed by atoms with Crippen molar-refractivity contribution in [1.82, 2.24) is 4.98 Å². The number of methoxy groups -OCH3 is 3. The van der Waals surface area contributed by atoms with E-state index in [1.165, 1.54) is 27.4 Å². The summed E-state index contributed by atoms with van der Waals surface area (Å²) in [5, 5.41) is 12.3. The number of hydrogen-bond acceptors (Lipinski definition) is 8. The molecule has 0 radical (unpaired) electrons. The standard InChI is InChI=1S/C27H23ClN2O7Se/c1-5-37-20-11-8-16(12-19(20)30(32)33)26-23(17-13-21(34-2)25(36-4)22(14-17)35-3)29-27(38-26)24(31)15-6-9-18(28)10-7-15/h6-14H,5H2,1-4H3. The summed E-state index contributed by atoms with van der Waals surface area (Å²) in [6.07, 6.45) is 0. The Hall–Kier alpha value is -3.85. The van der Waals surface area contributed by atoms with Gasteiger partial charge in [0.1, 0.15) is 0 Å². The fourth-order valence-electron chi connectivity index (χ4n) is 3.83. The van der Waals surface area contributed by atoms with Crippen molar-refractivity contribution in [2.75, 3.05) is 27.9 Å². The van der Waals surface area contributed by atoms with Gasteiger partial charge in [0.2, 0.25) is 0 Å². The monoisotopic (exact) mass is 602 g/mol. The Morgan fingerprint density at radius 3 is 2.16 bits per heavy atom. The molecule has 0 N–H and O–H groups in total. The van der Waals surface area contributed by atoms with Gasteiger partial charge in [-0.3, -0.25) is 0 Å². The van der Waals surface area contributed by atoms with Crippen LogP contribution < -0.4 is 18.9 Å². The first kappa shape index (κ1) is 27.2. The number of nitro groups is 1. The maximum absolute atomic E-state index is 13.4. The Balaban J connectivity index is 1.95. The molecule has 0 saturated heterocycles. The number of ketones is 1. The van der Waals surface area contributed by atoms with Crippen molar-refractivity contribution >= 4 is 37.6 Å². The summed E-state index contributed by atoms with van der Waals surface area (Å²) < 4.78 is 22.9. The number of nitro benzene ring substituents is 1. The second-order valence-corrected chi connectivity index (χ2v) is 10.4. The van der Waals surface area contributed by atoms with E-state index >= 15 is 0 Å². The van der Waals surface area contributed by atoms with Crippen LogP contribution in [-0.2, 0) is 0 Å². The summed E-state index contributed by atoms with van der Waals surface area (Å²) in [5.74, 6) is 1.14. The van der Waals surface area contributed by atoms with Gasteiger partial charge in [0.05, 0.1) is 0 Å². The molecular weight excluding hydrogens is 579 g/mol. The number of halogens is 1. The van der Waals surface area contributed by atoms with Crippen molar-refractivity contribution in [3.63, 3.8) is 0 Å². The van der Waals surface area contributed by atoms with E-state index in [0.717, 1.165) is 0 Å². The first-order chi connectivity index (χ1) is 18.3. The molecule has 0 aliphatic carbocycles. The molecular formula is C27H23ClN2O7Se. The van der Waals surface area contributed by atoms with Crippen LogP contribution in [0.5, 0.6) is 23.0 Å². The first-order valence-corrected chi connectivity index (χ1v) is 13.4. The molecule has 4 rings (SSSR count). The van der Waals surface area contributed by atoms with Crippen LogP contribution in [0.15, 0.2) is 54.6 Å². The summed E-state index contributed by atoms with van der Waals surface area (Å²) in [4.78, 5) is 29.5. The number of ether oxygens (including phenoxy) is 4. The molecule has 0 fully saturated rings. The second-order valence-electron chi connectivity index (χ2n) is 7.82. The molecule has 0 aliphatic rings. The van der Waals surface area contributed by atoms with Crippen LogP contribution in [0.25, 0.3) is 21.3 Å². The SMILES string of the molecule is CCOc1ccc(-c2[se]c(C(=O)c3ccc(Cl)cc3)nc2-c2cc(OC)c(OC)c(OC)c2)cc1[N+](=O)[O-]. The van der Waals surface area contributed by atoms with E-state index in [2.05, 4.69) is 0 Å². The predicted octanol–water partition coefficient (Wildman–Crippen LogP) is 5.69. The van der Waals surface area contributed by atoms with E-state index in [1.807, 2.05) is 0 Å². The van der Waals surface area contributed by atoms with Crippen molar-refractivity contribution in [1.29, 1.82) is 0 Å². The fourth-order valence-corrected chi connectivity index (χ4v) is 6.15. The van der Waals surface area contributed by atoms with Crippen LogP contribution in [0.3, 0.4) is 0 Å². The molecule has 0 atom stereocenters. The van der Waals surface area contributed by atoms with Crippen LogP contribution >= 0.6 is 11.6 Å². The van der Waals surface area contributed by atoms with Crippen LogP contribution in [0, 0.1) is 10.1 Å². The van der Waals surface area contributed by atoms with Gasteiger partial charge in [0.15, 0.2) is 0 Å². The number of benzene rings is 3. The predicted molar refractivity (Wildman–Crippen MR) is 144 cm³/mol. The first-order valence-electron chi connectivity index (χ1n) is 11.3. The van der Waals surface area contributed by atoms with Crippen LogP contribution in [0.1, 0.15) is 21.8 Å². The third-order valence-electron chi connectivity index (χ3n) is 5.58. The normalized spacial score (nSPS) is 10.7. The van der Waals surface area contributed by atoms with E-state index < -0.39 is 19.4 Å². The quantitative estimate of drug-likeness (QED) is 0.0987. The van der Waals surface area contributed by atoms with Crippen LogP contribution in [-0.4, -0.2) is 58.1 Å². The van der Waals surface area contributed by atoms with Crippen molar-refractivity contribution in [3.8, 4) is 44.3 Å². The minimum absolute atomic E-state index is 0.167. The van der Waals surface area contributed by atoms with Gasteiger partial charge in [-0.1, -0.05) is 0 Å². The van der Waals surface area contributed by atoms with Gasteiger partial charge in [-0.15, -0.1) is 0 Å². The zero-order valence-corrected chi connectivity index (χ0v) is 23.4. The van der Waals surface area contributed by atoms with Gasteiger partial charge in [0.25, 0.3) is 0 Å². The number of aromatic nitrogens is 1. The number of carbonyl (C=O) groups excluding carboxylic acids is 1. The molecule has 196 valence electrons. The third-order valence-corrected chi connectivity index (χ3v) is 8.15. The Labute approximate surface area is 229 Å². The van der Waals surface area contributed by atoms with Gasteiger partial charge < -0.3 is 0 Å². The van der Waals surface area contributed by atoms with Crippen molar-refractivity contribution < 1.29 is 28.7 Å². The van der Waals surface area contributed by atoms with Gasteiger partial charge in [-0.2, -0.15) is 0 Å². The molecule has 4 aromatic rings. The topological polar surface area (TPSA) is 110 Å². The van der Waals surface area contributed by atoms with E-state index in [-0.39, 0.29) is 23.8 Å². The molecule has 0 saturated carbocycles. The average Bonchev–Trinajstić information content (AvgIpc) is 3.38. The molecule has 9 nitrogen and oxygen atoms in total. The minimum atomic E-state index is -0.576. The number of hydrogen-bond donors (Lipinski definition) is 0. The molecule has 0 spiro atoms. The molecule has 1 heterocycles. The zero-order chi connectivity index (χ0) is 27.4. The molecule has 0 amide bonds. The van der Waals surface area contributed by atoms with Gasteiger partial charge >= 0.3 is 230 Å². The molecule has 0 unspecified atom stereocenters. The third kappa shape index (κ3) is 5.38.